The van der Waals surface area contributed by atoms with E-state index >= 15 is 0 Å². The van der Waals surface area contributed by atoms with Gasteiger partial charge in [-0.1, -0.05) is 24.3 Å². The number of fused-ring (bicyclic) bond motifs is 2. The minimum Gasteiger partial charge on any atom is -1.00 e. The summed E-state index contributed by atoms with van der Waals surface area (Å²) >= 11 is 0. The summed E-state index contributed by atoms with van der Waals surface area (Å²) in [4.78, 5) is 0. The zero-order valence-electron chi connectivity index (χ0n) is 18.5. The molecule has 0 amide bonds. The zero-order valence-corrected chi connectivity index (χ0v) is 20.6. The summed E-state index contributed by atoms with van der Waals surface area (Å²) in [6.45, 7) is 0. The molecule has 3 atom stereocenters. The van der Waals surface area contributed by atoms with Crippen LogP contribution in [0.25, 0.3) is 0 Å². The molecule has 2 aliphatic rings. The van der Waals surface area contributed by atoms with Crippen molar-refractivity contribution < 1.29 is 43.0 Å². The third kappa shape index (κ3) is 4.21. The Morgan fingerprint density at radius 3 is 1.60 bits per heavy atom. The fourth-order valence-electron chi connectivity index (χ4n) is 5.71. The van der Waals surface area contributed by atoms with E-state index in [-0.39, 0.29) is 24.0 Å². The highest BCUT2D eigenvalue weighted by Gasteiger charge is 2.50. The van der Waals surface area contributed by atoms with E-state index in [1.54, 1.807) is 14.2 Å². The Balaban J connectivity index is 0.00000256. The lowest BCUT2D eigenvalue weighted by Crippen LogP contribution is -3.00. The summed E-state index contributed by atoms with van der Waals surface area (Å²) in [6, 6.07) is 17.2. The summed E-state index contributed by atoms with van der Waals surface area (Å²) < 4.78 is 11.8. The lowest BCUT2D eigenvalue weighted by Gasteiger charge is -2.46. The van der Waals surface area contributed by atoms with Crippen LogP contribution in [0.4, 0.5) is 0 Å². The van der Waals surface area contributed by atoms with Crippen LogP contribution in [0, 0.1) is 5.92 Å². The molecule has 4 rings (SSSR count). The maximum atomic E-state index is 12.1. The van der Waals surface area contributed by atoms with Crippen LogP contribution in [0.3, 0.4) is 0 Å². The van der Waals surface area contributed by atoms with E-state index in [2.05, 4.69) is 14.1 Å². The first-order chi connectivity index (χ1) is 13.9. The molecule has 1 unspecified atom stereocenters. The van der Waals surface area contributed by atoms with E-state index in [1.165, 1.54) is 25.7 Å². The average molecular weight is 523 g/mol. The lowest BCUT2D eigenvalue weighted by atomic mass is 9.75. The van der Waals surface area contributed by atoms with Crippen molar-refractivity contribution in [3.05, 3.63) is 59.7 Å². The molecule has 0 saturated carbocycles. The number of methoxy groups -OCH3 is 2. The van der Waals surface area contributed by atoms with Gasteiger partial charge < -0.3 is 43.0 Å². The van der Waals surface area contributed by atoms with Crippen molar-refractivity contribution in [2.75, 3.05) is 28.3 Å². The van der Waals surface area contributed by atoms with E-state index in [4.69, 9.17) is 9.47 Å². The van der Waals surface area contributed by atoms with Gasteiger partial charge in [0, 0.05) is 25.7 Å². The Kier molecular flexibility index (Phi) is 7.04. The number of aliphatic hydroxyl groups is 1. The molecule has 2 saturated heterocycles. The third-order valence-corrected chi connectivity index (χ3v) is 7.65. The number of rotatable bonds is 6. The molecule has 2 fully saturated rings. The highest BCUT2D eigenvalue weighted by Crippen LogP contribution is 2.47. The molecule has 2 heterocycles. The first-order valence-electron chi connectivity index (χ1n) is 10.7. The quantitative estimate of drug-likeness (QED) is 0.459. The SMILES string of the molecule is COc1ccc(C(O)(CC2C[C@H]3CC[C@@H](C2)[N+]3(C)C)c2ccc(OC)cc2)cc1.[I-]. The second kappa shape index (κ2) is 9.05. The van der Waals surface area contributed by atoms with Gasteiger partial charge in [-0.2, -0.15) is 0 Å². The largest absolute Gasteiger partial charge is 1.00 e. The van der Waals surface area contributed by atoms with Crippen molar-refractivity contribution in [2.45, 2.75) is 49.8 Å². The zero-order chi connectivity index (χ0) is 20.6. The predicted molar refractivity (Wildman–Crippen MR) is 115 cm³/mol. The molecule has 0 radical (unpaired) electrons. The Bertz CT molecular complexity index is 771. The number of ether oxygens (including phenoxy) is 2. The molecule has 2 aromatic carbocycles. The number of piperidine rings is 1. The van der Waals surface area contributed by atoms with E-state index in [1.807, 2.05) is 48.5 Å². The second-order valence-corrected chi connectivity index (χ2v) is 9.37. The van der Waals surface area contributed by atoms with Crippen LogP contribution in [0.5, 0.6) is 11.5 Å². The van der Waals surface area contributed by atoms with Gasteiger partial charge in [0.15, 0.2) is 0 Å². The number of hydrogen-bond acceptors (Lipinski definition) is 3. The Hall–Kier alpha value is -1.31. The van der Waals surface area contributed by atoms with Crippen LogP contribution in [0.15, 0.2) is 48.5 Å². The van der Waals surface area contributed by atoms with Crippen LogP contribution in [-0.4, -0.2) is 50.0 Å². The van der Waals surface area contributed by atoms with Crippen molar-refractivity contribution in [1.29, 1.82) is 0 Å². The third-order valence-electron chi connectivity index (χ3n) is 7.65. The lowest BCUT2D eigenvalue weighted by molar-refractivity contribution is -0.931. The van der Waals surface area contributed by atoms with Crippen LogP contribution in [-0.2, 0) is 5.60 Å². The van der Waals surface area contributed by atoms with Gasteiger partial charge >= 0.3 is 0 Å². The molecule has 30 heavy (non-hydrogen) atoms. The van der Waals surface area contributed by atoms with Crippen LogP contribution in [0.2, 0.25) is 0 Å². The topological polar surface area (TPSA) is 38.7 Å². The Morgan fingerprint density at radius 1 is 0.833 bits per heavy atom. The summed E-state index contributed by atoms with van der Waals surface area (Å²) in [7, 11) is 8.11. The van der Waals surface area contributed by atoms with Crippen molar-refractivity contribution in [1.82, 2.24) is 0 Å². The Morgan fingerprint density at radius 2 is 1.23 bits per heavy atom. The van der Waals surface area contributed by atoms with Gasteiger partial charge in [-0.05, 0) is 47.7 Å². The van der Waals surface area contributed by atoms with Crippen molar-refractivity contribution in [3.63, 3.8) is 0 Å². The minimum absolute atomic E-state index is 0. The molecule has 0 aromatic heterocycles. The molecule has 4 nitrogen and oxygen atoms in total. The van der Waals surface area contributed by atoms with E-state index in [0.717, 1.165) is 45.6 Å². The number of hydrogen-bond donors (Lipinski definition) is 1. The molecular formula is C25H34INO3. The van der Waals surface area contributed by atoms with Gasteiger partial charge in [0.1, 0.15) is 17.1 Å². The molecular weight excluding hydrogens is 489 g/mol. The van der Waals surface area contributed by atoms with Gasteiger partial charge in [0.2, 0.25) is 0 Å². The highest BCUT2D eigenvalue weighted by molar-refractivity contribution is 5.41. The van der Waals surface area contributed by atoms with Crippen molar-refractivity contribution >= 4 is 0 Å². The summed E-state index contributed by atoms with van der Waals surface area (Å²) in [6.07, 6.45) is 5.77. The minimum atomic E-state index is -1.02. The molecule has 2 aromatic rings. The van der Waals surface area contributed by atoms with Gasteiger partial charge in [-0.3, -0.25) is 0 Å². The normalized spacial score (nSPS) is 24.8. The first-order valence-corrected chi connectivity index (χ1v) is 10.7. The van der Waals surface area contributed by atoms with Gasteiger partial charge in [-0.25, -0.2) is 0 Å². The first kappa shape index (κ1) is 23.4. The smallest absolute Gasteiger partial charge is 0.118 e. The maximum Gasteiger partial charge on any atom is 0.118 e. The number of quaternary nitrogens is 1. The Labute approximate surface area is 197 Å². The molecule has 0 spiro atoms. The standard InChI is InChI=1S/C25H34NO3.HI/c1-26(2)21-9-10-22(26)16-18(15-21)17-25(27,19-5-11-23(28-3)12-6-19)20-7-13-24(29-4)14-8-20;/h5-8,11-14,18,21-22,27H,9-10,15-17H2,1-4H3;1H/q+1;/p-1/t18?,21-,22+;. The molecule has 2 bridgehead atoms. The van der Waals surface area contributed by atoms with Crippen molar-refractivity contribution in [2.24, 2.45) is 5.92 Å². The average Bonchev–Trinajstić information content (AvgIpc) is 2.89. The number of nitrogens with zero attached hydrogens (tertiary/aromatic N) is 1. The fraction of sp³-hybridized carbons (Fsp3) is 0.520. The second-order valence-electron chi connectivity index (χ2n) is 9.37. The number of benzene rings is 2. The molecule has 0 aliphatic carbocycles. The predicted octanol–water partition coefficient (Wildman–Crippen LogP) is 1.35. The summed E-state index contributed by atoms with van der Waals surface area (Å²) in [5, 5.41) is 12.1. The molecule has 1 N–H and O–H groups in total. The van der Waals surface area contributed by atoms with Gasteiger partial charge in [0.25, 0.3) is 0 Å². The van der Waals surface area contributed by atoms with Crippen LogP contribution >= 0.6 is 0 Å². The van der Waals surface area contributed by atoms with Gasteiger partial charge in [-0.15, -0.1) is 0 Å². The monoisotopic (exact) mass is 523 g/mol. The van der Waals surface area contributed by atoms with E-state index in [9.17, 15) is 5.11 Å². The van der Waals surface area contributed by atoms with E-state index < -0.39 is 5.60 Å². The highest BCUT2D eigenvalue weighted by atomic mass is 127. The van der Waals surface area contributed by atoms with Crippen LogP contribution in [0.1, 0.15) is 43.2 Å². The van der Waals surface area contributed by atoms with Crippen molar-refractivity contribution in [3.8, 4) is 11.5 Å². The molecule has 164 valence electrons. The molecule has 2 aliphatic heterocycles. The fourth-order valence-corrected chi connectivity index (χ4v) is 5.71. The van der Waals surface area contributed by atoms with Gasteiger partial charge in [0.05, 0.1) is 40.4 Å². The molecule has 5 heteroatoms. The maximum absolute atomic E-state index is 12.1. The summed E-state index contributed by atoms with van der Waals surface area (Å²) in [5.41, 5.74) is 0.835. The van der Waals surface area contributed by atoms with E-state index in [0.29, 0.717) is 5.92 Å². The summed E-state index contributed by atoms with van der Waals surface area (Å²) in [5.74, 6) is 2.13. The number of halogens is 1. The van der Waals surface area contributed by atoms with Crippen LogP contribution < -0.4 is 33.5 Å².